The first kappa shape index (κ1) is 15.8. The van der Waals surface area contributed by atoms with Crippen LogP contribution in [0.25, 0.3) is 0 Å². The lowest BCUT2D eigenvalue weighted by atomic mass is 10.1. The Morgan fingerprint density at radius 1 is 1.29 bits per heavy atom. The largest absolute Gasteiger partial charge is 0.492 e. The van der Waals surface area contributed by atoms with Crippen LogP contribution in [0.4, 0.5) is 0 Å². The first-order valence-electron chi connectivity index (χ1n) is 7.72. The van der Waals surface area contributed by atoms with E-state index in [1.165, 1.54) is 11.1 Å². The van der Waals surface area contributed by atoms with Crippen molar-refractivity contribution in [3.05, 3.63) is 29.3 Å². The van der Waals surface area contributed by atoms with Crippen LogP contribution in [-0.2, 0) is 9.53 Å². The van der Waals surface area contributed by atoms with Crippen LogP contribution in [0.1, 0.15) is 30.9 Å². The van der Waals surface area contributed by atoms with E-state index in [-0.39, 0.29) is 12.0 Å². The zero-order chi connectivity index (χ0) is 15.2. The van der Waals surface area contributed by atoms with Gasteiger partial charge in [-0.2, -0.15) is 0 Å². The Morgan fingerprint density at radius 3 is 2.67 bits per heavy atom. The van der Waals surface area contributed by atoms with Crippen molar-refractivity contribution in [3.8, 4) is 5.75 Å². The smallest absolute Gasteiger partial charge is 0.323 e. The maximum absolute atomic E-state index is 11.9. The molecule has 2 rings (SSSR count). The average molecular weight is 291 g/mol. The molecule has 1 heterocycles. The number of nitrogens with zero attached hydrogens (tertiary/aromatic N) is 1. The second kappa shape index (κ2) is 7.46. The first-order chi connectivity index (χ1) is 10.1. The van der Waals surface area contributed by atoms with Gasteiger partial charge >= 0.3 is 5.97 Å². The molecule has 4 nitrogen and oxygen atoms in total. The molecule has 0 radical (unpaired) electrons. The third-order valence-corrected chi connectivity index (χ3v) is 3.76. The van der Waals surface area contributed by atoms with E-state index in [0.29, 0.717) is 13.2 Å². The predicted octanol–water partition coefficient (Wildman–Crippen LogP) is 2.71. The summed E-state index contributed by atoms with van der Waals surface area (Å²) in [5.41, 5.74) is 2.41. The molecule has 0 N–H and O–H groups in total. The molecule has 116 valence electrons. The summed E-state index contributed by atoms with van der Waals surface area (Å²) in [4.78, 5) is 14.0. The highest BCUT2D eigenvalue weighted by Gasteiger charge is 2.31. The minimum absolute atomic E-state index is 0.0900. The highest BCUT2D eigenvalue weighted by molar-refractivity contribution is 5.76. The number of carbonyl (C=O) groups is 1. The Kier molecular flexibility index (Phi) is 5.62. The van der Waals surface area contributed by atoms with Crippen LogP contribution >= 0.6 is 0 Å². The standard InChI is InChI=1S/C17H25NO3/c1-4-20-17(19)16-6-5-7-18(16)8-9-21-15-11-13(2)10-14(3)12-15/h10-12,16H,4-9H2,1-3H3. The molecular formula is C17H25NO3. The number of rotatable bonds is 6. The van der Waals surface area contributed by atoms with Crippen molar-refractivity contribution in [3.63, 3.8) is 0 Å². The number of ether oxygens (including phenoxy) is 2. The Morgan fingerprint density at radius 2 is 2.00 bits per heavy atom. The molecular weight excluding hydrogens is 266 g/mol. The van der Waals surface area contributed by atoms with Crippen molar-refractivity contribution in [2.75, 3.05) is 26.3 Å². The molecule has 1 atom stereocenters. The summed E-state index contributed by atoms with van der Waals surface area (Å²) >= 11 is 0. The molecule has 1 aliphatic rings. The number of aryl methyl sites for hydroxylation is 2. The number of hydrogen-bond donors (Lipinski definition) is 0. The minimum Gasteiger partial charge on any atom is -0.492 e. The van der Waals surface area contributed by atoms with Crippen LogP contribution in [0.5, 0.6) is 5.75 Å². The number of hydrogen-bond acceptors (Lipinski definition) is 4. The number of carbonyl (C=O) groups excluding carboxylic acids is 1. The van der Waals surface area contributed by atoms with Gasteiger partial charge < -0.3 is 9.47 Å². The van der Waals surface area contributed by atoms with E-state index in [2.05, 4.69) is 24.8 Å². The monoisotopic (exact) mass is 291 g/mol. The van der Waals surface area contributed by atoms with Gasteiger partial charge in [-0.15, -0.1) is 0 Å². The van der Waals surface area contributed by atoms with Crippen LogP contribution < -0.4 is 4.74 Å². The predicted molar refractivity (Wildman–Crippen MR) is 82.6 cm³/mol. The van der Waals surface area contributed by atoms with Crippen molar-refractivity contribution >= 4 is 5.97 Å². The zero-order valence-electron chi connectivity index (χ0n) is 13.2. The second-order valence-electron chi connectivity index (χ2n) is 5.62. The molecule has 1 fully saturated rings. The van der Waals surface area contributed by atoms with Gasteiger partial charge in [-0.1, -0.05) is 6.07 Å². The molecule has 0 aromatic heterocycles. The summed E-state index contributed by atoms with van der Waals surface area (Å²) in [6, 6.07) is 6.12. The third kappa shape index (κ3) is 4.46. The Hall–Kier alpha value is -1.55. The van der Waals surface area contributed by atoms with Crippen LogP contribution in [-0.4, -0.2) is 43.2 Å². The van der Waals surface area contributed by atoms with Crippen LogP contribution in [0.15, 0.2) is 18.2 Å². The van der Waals surface area contributed by atoms with Crippen molar-refractivity contribution in [2.45, 2.75) is 39.7 Å². The van der Waals surface area contributed by atoms with Crippen LogP contribution in [0.2, 0.25) is 0 Å². The van der Waals surface area contributed by atoms with Crippen molar-refractivity contribution in [1.29, 1.82) is 0 Å². The Balaban J connectivity index is 1.83. The van der Waals surface area contributed by atoms with E-state index in [1.807, 2.05) is 19.1 Å². The first-order valence-corrected chi connectivity index (χ1v) is 7.72. The summed E-state index contributed by atoms with van der Waals surface area (Å²) in [6.45, 7) is 8.73. The highest BCUT2D eigenvalue weighted by Crippen LogP contribution is 2.19. The quantitative estimate of drug-likeness (QED) is 0.755. The molecule has 1 aromatic rings. The van der Waals surface area contributed by atoms with Gasteiger partial charge in [0, 0.05) is 6.54 Å². The minimum atomic E-state index is -0.0959. The van der Waals surface area contributed by atoms with E-state index in [1.54, 1.807) is 0 Å². The molecule has 21 heavy (non-hydrogen) atoms. The fraction of sp³-hybridized carbons (Fsp3) is 0.588. The Labute approximate surface area is 127 Å². The lowest BCUT2D eigenvalue weighted by molar-refractivity contribution is -0.148. The fourth-order valence-corrected chi connectivity index (χ4v) is 2.90. The molecule has 0 amide bonds. The topological polar surface area (TPSA) is 38.8 Å². The summed E-state index contributed by atoms with van der Waals surface area (Å²) in [7, 11) is 0. The summed E-state index contributed by atoms with van der Waals surface area (Å²) < 4.78 is 11.0. The van der Waals surface area contributed by atoms with Gasteiger partial charge in [0.25, 0.3) is 0 Å². The maximum atomic E-state index is 11.9. The van der Waals surface area contributed by atoms with E-state index in [9.17, 15) is 4.79 Å². The Bertz CT molecular complexity index is 467. The van der Waals surface area contributed by atoms with Gasteiger partial charge in [0.05, 0.1) is 6.61 Å². The molecule has 4 heteroatoms. The van der Waals surface area contributed by atoms with E-state index in [0.717, 1.165) is 31.7 Å². The molecule has 1 saturated heterocycles. The van der Waals surface area contributed by atoms with Crippen LogP contribution in [0, 0.1) is 13.8 Å². The van der Waals surface area contributed by atoms with Gasteiger partial charge in [0.1, 0.15) is 18.4 Å². The lowest BCUT2D eigenvalue weighted by Crippen LogP contribution is -2.39. The number of likely N-dealkylation sites (tertiary alicyclic amines) is 1. The normalized spacial score (nSPS) is 18.7. The summed E-state index contributed by atoms with van der Waals surface area (Å²) in [6.07, 6.45) is 1.94. The van der Waals surface area contributed by atoms with Gasteiger partial charge in [-0.3, -0.25) is 9.69 Å². The van der Waals surface area contributed by atoms with E-state index >= 15 is 0 Å². The molecule has 0 spiro atoms. The molecule has 1 aromatic carbocycles. The van der Waals surface area contributed by atoms with E-state index < -0.39 is 0 Å². The van der Waals surface area contributed by atoms with Crippen LogP contribution in [0.3, 0.4) is 0 Å². The molecule has 1 unspecified atom stereocenters. The SMILES string of the molecule is CCOC(=O)C1CCCN1CCOc1cc(C)cc(C)c1. The highest BCUT2D eigenvalue weighted by atomic mass is 16.5. The van der Waals surface area contributed by atoms with Crippen molar-refractivity contribution in [1.82, 2.24) is 4.90 Å². The molecule has 0 bridgehead atoms. The van der Waals surface area contributed by atoms with Gasteiger partial charge in [-0.25, -0.2) is 0 Å². The lowest BCUT2D eigenvalue weighted by Gasteiger charge is -2.22. The van der Waals surface area contributed by atoms with Gasteiger partial charge in [-0.05, 0) is 63.4 Å². The van der Waals surface area contributed by atoms with Crippen molar-refractivity contribution in [2.24, 2.45) is 0 Å². The molecule has 0 saturated carbocycles. The summed E-state index contributed by atoms with van der Waals surface area (Å²) in [5.74, 6) is 0.806. The second-order valence-corrected chi connectivity index (χ2v) is 5.62. The average Bonchev–Trinajstić information content (AvgIpc) is 2.86. The van der Waals surface area contributed by atoms with Crippen molar-refractivity contribution < 1.29 is 14.3 Å². The van der Waals surface area contributed by atoms with Gasteiger partial charge in [0.15, 0.2) is 0 Å². The fourth-order valence-electron chi connectivity index (χ4n) is 2.90. The number of esters is 1. The molecule has 0 aliphatic carbocycles. The number of benzene rings is 1. The van der Waals surface area contributed by atoms with E-state index in [4.69, 9.17) is 9.47 Å². The zero-order valence-corrected chi connectivity index (χ0v) is 13.2. The maximum Gasteiger partial charge on any atom is 0.323 e. The molecule has 1 aliphatic heterocycles. The third-order valence-electron chi connectivity index (χ3n) is 3.76. The summed E-state index contributed by atoms with van der Waals surface area (Å²) in [5, 5.41) is 0. The van der Waals surface area contributed by atoms with Gasteiger partial charge in [0.2, 0.25) is 0 Å².